The molecule has 0 aliphatic heterocycles. The quantitative estimate of drug-likeness (QED) is 0.841. The molecule has 3 heteroatoms. The van der Waals surface area contributed by atoms with Crippen LogP contribution in [0.2, 0.25) is 0 Å². The maximum absolute atomic E-state index is 11.7. The van der Waals surface area contributed by atoms with Gasteiger partial charge in [-0.25, -0.2) is 0 Å². The second kappa shape index (κ2) is 5.82. The van der Waals surface area contributed by atoms with E-state index in [0.717, 1.165) is 17.7 Å². The SMILES string of the molecule is Cc1ccc(NC(=O)CCC(C)N)c(C)c1C. The van der Waals surface area contributed by atoms with Crippen LogP contribution in [0.3, 0.4) is 0 Å². The summed E-state index contributed by atoms with van der Waals surface area (Å²) in [7, 11) is 0. The first-order valence-electron chi connectivity index (χ1n) is 6.04. The summed E-state index contributed by atoms with van der Waals surface area (Å²) < 4.78 is 0. The fourth-order valence-corrected chi connectivity index (χ4v) is 1.66. The number of nitrogens with one attached hydrogen (secondary N) is 1. The fourth-order valence-electron chi connectivity index (χ4n) is 1.66. The van der Waals surface area contributed by atoms with Gasteiger partial charge in [-0.3, -0.25) is 4.79 Å². The van der Waals surface area contributed by atoms with Crippen molar-refractivity contribution in [2.45, 2.75) is 46.6 Å². The van der Waals surface area contributed by atoms with E-state index >= 15 is 0 Å². The van der Waals surface area contributed by atoms with Gasteiger partial charge in [-0.15, -0.1) is 0 Å². The van der Waals surface area contributed by atoms with Gasteiger partial charge < -0.3 is 11.1 Å². The van der Waals surface area contributed by atoms with Crippen molar-refractivity contribution in [1.29, 1.82) is 0 Å². The minimum atomic E-state index is 0.0358. The molecule has 0 heterocycles. The van der Waals surface area contributed by atoms with Gasteiger partial charge >= 0.3 is 0 Å². The van der Waals surface area contributed by atoms with Crippen molar-refractivity contribution in [2.75, 3.05) is 5.32 Å². The van der Waals surface area contributed by atoms with Crippen LogP contribution in [0.1, 0.15) is 36.5 Å². The molecule has 0 fully saturated rings. The fraction of sp³-hybridized carbons (Fsp3) is 0.500. The Hall–Kier alpha value is -1.35. The molecule has 0 bridgehead atoms. The number of aryl methyl sites for hydroxylation is 1. The monoisotopic (exact) mass is 234 g/mol. The molecular weight excluding hydrogens is 212 g/mol. The van der Waals surface area contributed by atoms with E-state index in [1.54, 1.807) is 0 Å². The summed E-state index contributed by atoms with van der Waals surface area (Å²) in [4.78, 5) is 11.7. The Balaban J connectivity index is 2.69. The first-order valence-corrected chi connectivity index (χ1v) is 6.04. The summed E-state index contributed by atoms with van der Waals surface area (Å²) >= 11 is 0. The zero-order chi connectivity index (χ0) is 13.0. The summed E-state index contributed by atoms with van der Waals surface area (Å²) in [6, 6.07) is 4.06. The number of hydrogen-bond donors (Lipinski definition) is 2. The lowest BCUT2D eigenvalue weighted by Crippen LogP contribution is -2.19. The lowest BCUT2D eigenvalue weighted by molar-refractivity contribution is -0.116. The number of carbonyl (C=O) groups is 1. The highest BCUT2D eigenvalue weighted by molar-refractivity contribution is 5.91. The van der Waals surface area contributed by atoms with Crippen molar-refractivity contribution in [3.63, 3.8) is 0 Å². The topological polar surface area (TPSA) is 55.1 Å². The normalized spacial score (nSPS) is 12.3. The van der Waals surface area contributed by atoms with Crippen LogP contribution in [0.15, 0.2) is 12.1 Å². The second-order valence-corrected chi connectivity index (χ2v) is 4.74. The van der Waals surface area contributed by atoms with Gasteiger partial charge in [0.25, 0.3) is 0 Å². The smallest absolute Gasteiger partial charge is 0.224 e. The number of benzene rings is 1. The molecule has 3 N–H and O–H groups in total. The Morgan fingerprint density at radius 3 is 2.53 bits per heavy atom. The van der Waals surface area contributed by atoms with Gasteiger partial charge in [-0.1, -0.05) is 6.07 Å². The number of nitrogens with two attached hydrogens (primary N) is 1. The molecule has 1 atom stereocenters. The standard InChI is InChI=1S/C14H22N2O/c1-9-5-7-13(12(4)11(9)3)16-14(17)8-6-10(2)15/h5,7,10H,6,8,15H2,1-4H3,(H,16,17). The van der Waals surface area contributed by atoms with Crippen LogP contribution in [0.5, 0.6) is 0 Å². The van der Waals surface area contributed by atoms with Crippen molar-refractivity contribution in [3.05, 3.63) is 28.8 Å². The third-order valence-electron chi connectivity index (χ3n) is 3.16. The van der Waals surface area contributed by atoms with Crippen LogP contribution >= 0.6 is 0 Å². The molecule has 1 amide bonds. The average Bonchev–Trinajstić information content (AvgIpc) is 2.27. The van der Waals surface area contributed by atoms with Crippen molar-refractivity contribution >= 4 is 11.6 Å². The Morgan fingerprint density at radius 1 is 1.29 bits per heavy atom. The molecular formula is C14H22N2O. The Morgan fingerprint density at radius 2 is 1.94 bits per heavy atom. The number of amides is 1. The first kappa shape index (κ1) is 13.7. The predicted molar refractivity (Wildman–Crippen MR) is 72.2 cm³/mol. The number of carbonyl (C=O) groups excluding carboxylic acids is 1. The number of anilines is 1. The first-order chi connectivity index (χ1) is 7.91. The third kappa shape index (κ3) is 3.86. The molecule has 0 aliphatic carbocycles. The molecule has 1 unspecified atom stereocenters. The van der Waals surface area contributed by atoms with Crippen LogP contribution in [-0.4, -0.2) is 11.9 Å². The predicted octanol–water partition coefficient (Wildman–Crippen LogP) is 2.68. The van der Waals surface area contributed by atoms with Crippen LogP contribution in [0, 0.1) is 20.8 Å². The highest BCUT2D eigenvalue weighted by Crippen LogP contribution is 2.21. The molecule has 0 aromatic heterocycles. The summed E-state index contributed by atoms with van der Waals surface area (Å²) in [6.45, 7) is 8.09. The lowest BCUT2D eigenvalue weighted by atomic mass is 10.0. The molecule has 0 saturated carbocycles. The zero-order valence-electron chi connectivity index (χ0n) is 11.1. The van der Waals surface area contributed by atoms with Crippen LogP contribution < -0.4 is 11.1 Å². The van der Waals surface area contributed by atoms with Gasteiger partial charge in [0, 0.05) is 18.2 Å². The maximum Gasteiger partial charge on any atom is 0.224 e. The van der Waals surface area contributed by atoms with E-state index < -0.39 is 0 Å². The molecule has 1 aromatic rings. The summed E-state index contributed by atoms with van der Waals surface area (Å²) in [6.07, 6.45) is 1.19. The molecule has 17 heavy (non-hydrogen) atoms. The lowest BCUT2D eigenvalue weighted by Gasteiger charge is -2.13. The summed E-state index contributed by atoms with van der Waals surface area (Å²) in [5.74, 6) is 0.0358. The highest BCUT2D eigenvalue weighted by atomic mass is 16.1. The van der Waals surface area contributed by atoms with Crippen molar-refractivity contribution in [2.24, 2.45) is 5.73 Å². The van der Waals surface area contributed by atoms with Gasteiger partial charge in [-0.05, 0) is 56.9 Å². The summed E-state index contributed by atoms with van der Waals surface area (Å²) in [5.41, 5.74) is 10.1. The molecule has 0 radical (unpaired) electrons. The van der Waals surface area contributed by atoms with Gasteiger partial charge in [0.2, 0.25) is 5.91 Å². The van der Waals surface area contributed by atoms with Gasteiger partial charge in [0.1, 0.15) is 0 Å². The van der Waals surface area contributed by atoms with Gasteiger partial charge in [0.05, 0.1) is 0 Å². The molecule has 0 aliphatic rings. The third-order valence-corrected chi connectivity index (χ3v) is 3.16. The minimum absolute atomic E-state index is 0.0358. The van der Waals surface area contributed by atoms with E-state index in [9.17, 15) is 4.79 Å². The minimum Gasteiger partial charge on any atom is -0.328 e. The van der Waals surface area contributed by atoms with E-state index in [1.165, 1.54) is 11.1 Å². The van der Waals surface area contributed by atoms with E-state index in [-0.39, 0.29) is 11.9 Å². The number of rotatable bonds is 4. The molecule has 1 aromatic carbocycles. The van der Waals surface area contributed by atoms with Gasteiger partial charge in [0.15, 0.2) is 0 Å². The molecule has 0 saturated heterocycles. The molecule has 3 nitrogen and oxygen atoms in total. The van der Waals surface area contributed by atoms with Crippen LogP contribution in [0.25, 0.3) is 0 Å². The summed E-state index contributed by atoms with van der Waals surface area (Å²) in [5, 5.41) is 2.94. The zero-order valence-corrected chi connectivity index (χ0v) is 11.1. The molecule has 1 rings (SSSR count). The average molecular weight is 234 g/mol. The number of hydrogen-bond acceptors (Lipinski definition) is 2. The Bertz CT molecular complexity index is 411. The van der Waals surface area contributed by atoms with Gasteiger partial charge in [-0.2, -0.15) is 0 Å². The Kier molecular flexibility index (Phi) is 4.70. The second-order valence-electron chi connectivity index (χ2n) is 4.74. The van der Waals surface area contributed by atoms with E-state index in [4.69, 9.17) is 5.73 Å². The van der Waals surface area contributed by atoms with Crippen LogP contribution in [-0.2, 0) is 4.79 Å². The van der Waals surface area contributed by atoms with E-state index in [1.807, 2.05) is 26.0 Å². The van der Waals surface area contributed by atoms with Crippen molar-refractivity contribution < 1.29 is 4.79 Å². The Labute approximate surface area is 103 Å². The largest absolute Gasteiger partial charge is 0.328 e. The highest BCUT2D eigenvalue weighted by Gasteiger charge is 2.08. The van der Waals surface area contributed by atoms with E-state index in [2.05, 4.69) is 19.2 Å². The molecule has 94 valence electrons. The van der Waals surface area contributed by atoms with Crippen molar-refractivity contribution in [1.82, 2.24) is 0 Å². The maximum atomic E-state index is 11.7. The molecule has 0 spiro atoms. The van der Waals surface area contributed by atoms with Crippen LogP contribution in [0.4, 0.5) is 5.69 Å². The van der Waals surface area contributed by atoms with E-state index in [0.29, 0.717) is 6.42 Å². The van der Waals surface area contributed by atoms with Crippen molar-refractivity contribution in [3.8, 4) is 0 Å².